The smallest absolute Gasteiger partial charge is 0.119 e. The monoisotopic (exact) mass is 129 g/mol. The summed E-state index contributed by atoms with van der Waals surface area (Å²) in [6, 6.07) is -0.139. The van der Waals surface area contributed by atoms with Gasteiger partial charge in [0.1, 0.15) is 12.2 Å². The number of nitrogens with zero attached hydrogens (tertiary/aromatic N) is 1. The van der Waals surface area contributed by atoms with E-state index >= 15 is 0 Å². The molecule has 0 radical (unpaired) electrons. The van der Waals surface area contributed by atoms with Crippen LogP contribution in [0.5, 0.6) is 0 Å². The third-order valence-corrected chi connectivity index (χ3v) is 1.65. The lowest BCUT2D eigenvalue weighted by molar-refractivity contribution is 0.0589. The summed E-state index contributed by atoms with van der Waals surface area (Å²) in [6.07, 6.45) is -1.43. The van der Waals surface area contributed by atoms with Crippen molar-refractivity contribution in [2.75, 3.05) is 0 Å². The van der Waals surface area contributed by atoms with Gasteiger partial charge in [-0.05, 0) is 13.8 Å². The summed E-state index contributed by atoms with van der Waals surface area (Å²) in [7, 11) is 0. The van der Waals surface area contributed by atoms with Gasteiger partial charge in [0.15, 0.2) is 0 Å². The number of rotatable bonds is 0. The molecule has 3 heteroatoms. The zero-order valence-corrected chi connectivity index (χ0v) is 5.57. The van der Waals surface area contributed by atoms with Crippen molar-refractivity contribution in [2.24, 2.45) is 4.99 Å². The molecule has 52 valence electrons. The van der Waals surface area contributed by atoms with Gasteiger partial charge in [-0.25, -0.2) is 0 Å². The van der Waals surface area contributed by atoms with Crippen molar-refractivity contribution in [2.45, 2.75) is 32.1 Å². The summed E-state index contributed by atoms with van der Waals surface area (Å²) >= 11 is 0. The topological polar surface area (TPSA) is 52.8 Å². The first-order chi connectivity index (χ1) is 4.13. The van der Waals surface area contributed by atoms with Crippen molar-refractivity contribution < 1.29 is 10.2 Å². The quantitative estimate of drug-likeness (QED) is 0.466. The minimum Gasteiger partial charge on any atom is -0.388 e. The van der Waals surface area contributed by atoms with Gasteiger partial charge < -0.3 is 10.2 Å². The molecular formula is C6H11NO2. The Kier molecular flexibility index (Phi) is 1.55. The average Bonchev–Trinajstić information content (AvgIpc) is 1.98. The molecule has 9 heavy (non-hydrogen) atoms. The molecule has 0 saturated heterocycles. The molecule has 0 spiro atoms. The Bertz CT molecular complexity index is 144. The maximum absolute atomic E-state index is 9.07. The average molecular weight is 129 g/mol. The van der Waals surface area contributed by atoms with Crippen LogP contribution in [0.1, 0.15) is 13.8 Å². The standard InChI is InChI=1S/C6H11NO2/c1-3-5(8)6(9)4(2)7-3/h3,5-6,8-9H,1-2H3. The third-order valence-electron chi connectivity index (χ3n) is 1.65. The molecule has 1 aliphatic heterocycles. The van der Waals surface area contributed by atoms with E-state index in [0.717, 1.165) is 0 Å². The molecule has 1 rings (SSSR count). The van der Waals surface area contributed by atoms with Crippen LogP contribution in [-0.2, 0) is 0 Å². The van der Waals surface area contributed by atoms with Crippen molar-refractivity contribution in [1.29, 1.82) is 0 Å². The first kappa shape index (κ1) is 6.71. The molecule has 3 nitrogen and oxygen atoms in total. The van der Waals surface area contributed by atoms with Gasteiger partial charge in [-0.15, -0.1) is 0 Å². The SMILES string of the molecule is CC1=NC(C)C(O)C1O. The number of hydrogen-bond donors (Lipinski definition) is 2. The van der Waals surface area contributed by atoms with Crippen LogP contribution in [-0.4, -0.2) is 34.2 Å². The Morgan fingerprint density at radius 2 is 2.00 bits per heavy atom. The molecule has 1 aliphatic rings. The molecule has 0 fully saturated rings. The van der Waals surface area contributed by atoms with Gasteiger partial charge in [0.25, 0.3) is 0 Å². The van der Waals surface area contributed by atoms with Gasteiger partial charge >= 0.3 is 0 Å². The number of aliphatic hydroxyl groups is 2. The Labute approximate surface area is 54.0 Å². The van der Waals surface area contributed by atoms with E-state index in [1.807, 2.05) is 0 Å². The van der Waals surface area contributed by atoms with Crippen LogP contribution in [0, 0.1) is 0 Å². The van der Waals surface area contributed by atoms with Gasteiger partial charge in [0, 0.05) is 5.71 Å². The number of aliphatic hydroxyl groups excluding tert-OH is 2. The lowest BCUT2D eigenvalue weighted by Gasteiger charge is -2.09. The normalized spacial score (nSPS) is 43.1. The fourth-order valence-corrected chi connectivity index (χ4v) is 0.985. The predicted molar refractivity (Wildman–Crippen MR) is 34.6 cm³/mol. The maximum atomic E-state index is 9.07. The highest BCUT2D eigenvalue weighted by Gasteiger charge is 2.30. The van der Waals surface area contributed by atoms with Crippen molar-refractivity contribution in [3.63, 3.8) is 0 Å². The summed E-state index contributed by atoms with van der Waals surface area (Å²) in [5.41, 5.74) is 0.634. The second-order valence-corrected chi connectivity index (χ2v) is 2.45. The lowest BCUT2D eigenvalue weighted by atomic mass is 10.1. The van der Waals surface area contributed by atoms with E-state index in [0.29, 0.717) is 5.71 Å². The zero-order chi connectivity index (χ0) is 7.02. The van der Waals surface area contributed by atoms with Crippen molar-refractivity contribution in [3.05, 3.63) is 0 Å². The second kappa shape index (κ2) is 2.08. The Morgan fingerprint density at radius 1 is 1.44 bits per heavy atom. The van der Waals surface area contributed by atoms with Gasteiger partial charge in [-0.3, -0.25) is 4.99 Å². The fourth-order valence-electron chi connectivity index (χ4n) is 0.985. The predicted octanol–water partition coefficient (Wildman–Crippen LogP) is -0.429. The first-order valence-corrected chi connectivity index (χ1v) is 3.03. The minimum atomic E-state index is -0.736. The molecule has 3 atom stereocenters. The van der Waals surface area contributed by atoms with E-state index in [1.54, 1.807) is 13.8 Å². The molecule has 0 aliphatic carbocycles. The van der Waals surface area contributed by atoms with Crippen LogP contribution in [0.3, 0.4) is 0 Å². The summed E-state index contributed by atoms with van der Waals surface area (Å²) in [5.74, 6) is 0. The Balaban J connectivity index is 2.70. The summed E-state index contributed by atoms with van der Waals surface area (Å²) < 4.78 is 0. The molecule has 3 unspecified atom stereocenters. The van der Waals surface area contributed by atoms with Crippen LogP contribution in [0.15, 0.2) is 4.99 Å². The molecule has 0 aromatic heterocycles. The third kappa shape index (κ3) is 0.976. The molecule has 0 amide bonds. The number of hydrogen-bond acceptors (Lipinski definition) is 3. The van der Waals surface area contributed by atoms with Crippen LogP contribution < -0.4 is 0 Å². The molecule has 0 saturated carbocycles. The van der Waals surface area contributed by atoms with Gasteiger partial charge in [0.05, 0.1) is 6.04 Å². The van der Waals surface area contributed by atoms with E-state index in [1.165, 1.54) is 0 Å². The highest BCUT2D eigenvalue weighted by atomic mass is 16.3. The lowest BCUT2D eigenvalue weighted by Crippen LogP contribution is -2.31. The highest BCUT2D eigenvalue weighted by molar-refractivity contribution is 5.88. The van der Waals surface area contributed by atoms with Crippen LogP contribution >= 0.6 is 0 Å². The van der Waals surface area contributed by atoms with Crippen LogP contribution in [0.4, 0.5) is 0 Å². The summed E-state index contributed by atoms with van der Waals surface area (Å²) in [5, 5.41) is 18.1. The second-order valence-electron chi connectivity index (χ2n) is 2.45. The summed E-state index contributed by atoms with van der Waals surface area (Å²) in [4.78, 5) is 3.97. The molecular weight excluding hydrogens is 118 g/mol. The number of aliphatic imine (C=N–C) groups is 1. The van der Waals surface area contributed by atoms with Crippen LogP contribution in [0.2, 0.25) is 0 Å². The van der Waals surface area contributed by atoms with Gasteiger partial charge in [-0.2, -0.15) is 0 Å². The highest BCUT2D eigenvalue weighted by Crippen LogP contribution is 2.13. The summed E-state index contributed by atoms with van der Waals surface area (Å²) in [6.45, 7) is 3.50. The van der Waals surface area contributed by atoms with Gasteiger partial charge in [0.2, 0.25) is 0 Å². The van der Waals surface area contributed by atoms with E-state index < -0.39 is 12.2 Å². The maximum Gasteiger partial charge on any atom is 0.119 e. The molecule has 2 N–H and O–H groups in total. The first-order valence-electron chi connectivity index (χ1n) is 3.03. The van der Waals surface area contributed by atoms with Crippen LogP contribution in [0.25, 0.3) is 0 Å². The molecule has 0 aromatic carbocycles. The minimum absolute atomic E-state index is 0.139. The molecule has 0 aromatic rings. The molecule has 1 heterocycles. The van der Waals surface area contributed by atoms with Crippen molar-refractivity contribution in [3.8, 4) is 0 Å². The van der Waals surface area contributed by atoms with E-state index in [-0.39, 0.29) is 6.04 Å². The Morgan fingerprint density at radius 3 is 2.11 bits per heavy atom. The Hall–Kier alpha value is -0.410. The molecule has 0 bridgehead atoms. The van der Waals surface area contributed by atoms with E-state index in [4.69, 9.17) is 10.2 Å². The van der Waals surface area contributed by atoms with E-state index in [9.17, 15) is 0 Å². The van der Waals surface area contributed by atoms with E-state index in [2.05, 4.69) is 4.99 Å². The fraction of sp³-hybridized carbons (Fsp3) is 0.833. The zero-order valence-electron chi connectivity index (χ0n) is 5.57. The largest absolute Gasteiger partial charge is 0.388 e. The van der Waals surface area contributed by atoms with Gasteiger partial charge in [-0.1, -0.05) is 0 Å². The van der Waals surface area contributed by atoms with Crippen molar-refractivity contribution >= 4 is 5.71 Å². The van der Waals surface area contributed by atoms with Crippen molar-refractivity contribution in [1.82, 2.24) is 0 Å².